The molecule has 0 saturated carbocycles. The molecule has 3 aromatic rings. The van der Waals surface area contributed by atoms with Gasteiger partial charge in [0.05, 0.1) is 30.0 Å². The van der Waals surface area contributed by atoms with E-state index >= 15 is 0 Å². The molecule has 11 nitrogen and oxygen atoms in total. The minimum Gasteiger partial charge on any atom is -0.382 e. The highest BCUT2D eigenvalue weighted by Gasteiger charge is 2.26. The zero-order chi connectivity index (χ0) is 25.8. The van der Waals surface area contributed by atoms with E-state index in [4.69, 9.17) is 10.5 Å². The van der Waals surface area contributed by atoms with Gasteiger partial charge in [-0.15, -0.1) is 0 Å². The maximum atomic E-state index is 13.3. The van der Waals surface area contributed by atoms with Crippen molar-refractivity contribution in [2.75, 3.05) is 63.1 Å². The number of piperazine rings is 1. The average Bonchev–Trinajstić information content (AvgIpc) is 2.94. The number of nitrogens with one attached hydrogen (secondary N) is 1. The van der Waals surface area contributed by atoms with Crippen LogP contribution in [0.3, 0.4) is 0 Å². The Morgan fingerprint density at radius 3 is 2.49 bits per heavy atom. The van der Waals surface area contributed by atoms with E-state index in [1.807, 2.05) is 6.07 Å². The van der Waals surface area contributed by atoms with E-state index in [-0.39, 0.29) is 28.6 Å². The zero-order valence-electron chi connectivity index (χ0n) is 20.3. The molecule has 2 aromatic heterocycles. The molecule has 37 heavy (non-hydrogen) atoms. The molecule has 2 fully saturated rings. The van der Waals surface area contributed by atoms with Crippen LogP contribution in [0.1, 0.15) is 16.1 Å². The fourth-order valence-electron chi connectivity index (χ4n) is 4.50. The highest BCUT2D eigenvalue weighted by molar-refractivity contribution is 7.89. The molecule has 0 amide bonds. The molecule has 2 aliphatic heterocycles. The molecule has 0 unspecified atom stereocenters. The topological polar surface area (TPSA) is 144 Å². The van der Waals surface area contributed by atoms with Gasteiger partial charge in [0.15, 0.2) is 11.6 Å². The van der Waals surface area contributed by atoms with E-state index in [9.17, 15) is 13.2 Å². The van der Waals surface area contributed by atoms with Crippen molar-refractivity contribution in [1.29, 1.82) is 0 Å². The zero-order valence-corrected chi connectivity index (χ0v) is 21.2. The van der Waals surface area contributed by atoms with Gasteiger partial charge in [0.2, 0.25) is 10.0 Å². The van der Waals surface area contributed by atoms with Crippen LogP contribution < -0.4 is 16.0 Å². The van der Waals surface area contributed by atoms with E-state index < -0.39 is 10.0 Å². The molecule has 4 heterocycles. The Kier molecular flexibility index (Phi) is 7.42. The normalized spacial score (nSPS) is 17.0. The van der Waals surface area contributed by atoms with E-state index in [1.54, 1.807) is 36.7 Å². The van der Waals surface area contributed by atoms with Crippen molar-refractivity contribution >= 4 is 27.3 Å². The van der Waals surface area contributed by atoms with Crippen molar-refractivity contribution in [3.8, 4) is 11.3 Å². The number of hydrogen-bond donors (Lipinski definition) is 2. The van der Waals surface area contributed by atoms with Crippen LogP contribution in [0.5, 0.6) is 0 Å². The van der Waals surface area contributed by atoms with Gasteiger partial charge in [-0.2, -0.15) is 4.31 Å². The molecular weight excluding hydrogens is 494 g/mol. The summed E-state index contributed by atoms with van der Waals surface area (Å²) in [5.41, 5.74) is 8.91. The van der Waals surface area contributed by atoms with Crippen molar-refractivity contribution in [2.24, 2.45) is 0 Å². The lowest BCUT2D eigenvalue weighted by atomic mass is 10.1. The summed E-state index contributed by atoms with van der Waals surface area (Å²) in [6.07, 6.45) is 4.95. The summed E-state index contributed by atoms with van der Waals surface area (Å²) in [5.74, 6) is -0.226. The lowest BCUT2D eigenvalue weighted by Gasteiger charge is -2.30. The van der Waals surface area contributed by atoms with Crippen LogP contribution in [-0.4, -0.2) is 85.9 Å². The number of carbonyl (C=O) groups is 1. The number of sulfonamides is 1. The summed E-state index contributed by atoms with van der Waals surface area (Å²) in [6, 6.07) is 8.34. The summed E-state index contributed by atoms with van der Waals surface area (Å²) >= 11 is 0. The number of nitrogen functional groups attached to an aromatic ring is 1. The molecule has 194 valence electrons. The van der Waals surface area contributed by atoms with E-state index in [0.717, 1.165) is 24.3 Å². The van der Waals surface area contributed by atoms with E-state index in [0.29, 0.717) is 50.7 Å². The summed E-state index contributed by atoms with van der Waals surface area (Å²) in [4.78, 5) is 28.6. The molecule has 0 atom stereocenters. The number of ketones is 1. The van der Waals surface area contributed by atoms with Gasteiger partial charge in [-0.1, -0.05) is 12.1 Å². The quantitative estimate of drug-likeness (QED) is 0.430. The van der Waals surface area contributed by atoms with Crippen LogP contribution in [0.25, 0.3) is 11.3 Å². The van der Waals surface area contributed by atoms with Crippen molar-refractivity contribution in [2.45, 2.75) is 11.3 Å². The number of rotatable bonds is 7. The first-order valence-corrected chi connectivity index (χ1v) is 13.6. The van der Waals surface area contributed by atoms with Crippen molar-refractivity contribution in [1.82, 2.24) is 24.6 Å². The van der Waals surface area contributed by atoms with Crippen LogP contribution >= 0.6 is 0 Å². The molecule has 2 aliphatic rings. The minimum absolute atomic E-state index is 0.0449. The molecule has 0 radical (unpaired) electrons. The van der Waals surface area contributed by atoms with Crippen molar-refractivity contribution in [3.05, 3.63) is 60.2 Å². The van der Waals surface area contributed by atoms with Gasteiger partial charge in [0, 0.05) is 74.9 Å². The fraction of sp³-hybridized carbons (Fsp3) is 0.360. The predicted molar refractivity (Wildman–Crippen MR) is 139 cm³/mol. The number of ether oxygens (including phenoxy) is 1. The highest BCUT2D eigenvalue weighted by Crippen LogP contribution is 2.25. The number of morpholine rings is 1. The number of benzene rings is 1. The van der Waals surface area contributed by atoms with E-state index in [2.05, 4.69) is 25.2 Å². The van der Waals surface area contributed by atoms with Gasteiger partial charge >= 0.3 is 0 Å². The molecule has 12 heteroatoms. The van der Waals surface area contributed by atoms with Gasteiger partial charge in [-0.25, -0.2) is 18.4 Å². The van der Waals surface area contributed by atoms with Crippen LogP contribution in [0, 0.1) is 0 Å². The van der Waals surface area contributed by atoms with Crippen LogP contribution in [0.2, 0.25) is 0 Å². The molecule has 0 aliphatic carbocycles. The smallest absolute Gasteiger partial charge is 0.243 e. The standard InChI is InChI=1S/C25H29N7O4S/c26-25-24(23(33)15-19-16-28-6-5-22(19)31-11-13-36-14-12-31)30-21(17-29-25)18-1-3-20(4-2-18)37(34,35)32-9-7-27-8-10-32/h1-6,16-17,27H,7-15H2,(H2,26,29). The van der Waals surface area contributed by atoms with Gasteiger partial charge < -0.3 is 20.7 Å². The highest BCUT2D eigenvalue weighted by atomic mass is 32.2. The Morgan fingerprint density at radius 2 is 1.76 bits per heavy atom. The lowest BCUT2D eigenvalue weighted by Crippen LogP contribution is -2.46. The maximum Gasteiger partial charge on any atom is 0.243 e. The minimum atomic E-state index is -3.57. The summed E-state index contributed by atoms with van der Waals surface area (Å²) < 4.78 is 32.8. The number of Topliss-reactive ketones (excluding diaryl/α,β-unsaturated/α-hetero) is 1. The molecule has 0 spiro atoms. The SMILES string of the molecule is Nc1ncc(-c2ccc(S(=O)(=O)N3CCNCC3)cc2)nc1C(=O)Cc1cnccc1N1CCOCC1. The number of nitrogens with zero attached hydrogens (tertiary/aromatic N) is 5. The molecule has 3 N–H and O–H groups in total. The van der Waals surface area contributed by atoms with Gasteiger partial charge in [-0.3, -0.25) is 9.78 Å². The first kappa shape index (κ1) is 25.2. The van der Waals surface area contributed by atoms with Crippen LogP contribution in [-0.2, 0) is 21.2 Å². The second kappa shape index (κ2) is 10.9. The van der Waals surface area contributed by atoms with Gasteiger partial charge in [0.25, 0.3) is 0 Å². The summed E-state index contributed by atoms with van der Waals surface area (Å²) in [7, 11) is -3.57. The average molecular weight is 524 g/mol. The van der Waals surface area contributed by atoms with Crippen molar-refractivity contribution in [3.63, 3.8) is 0 Å². The predicted octanol–water partition coefficient (Wildman–Crippen LogP) is 0.977. The molecular formula is C25H29N7O4S. The molecule has 2 saturated heterocycles. The molecule has 0 bridgehead atoms. The van der Waals surface area contributed by atoms with Crippen LogP contribution in [0.15, 0.2) is 53.8 Å². The Labute approximate surface area is 215 Å². The Hall–Kier alpha value is -3.45. The monoisotopic (exact) mass is 523 g/mol. The maximum absolute atomic E-state index is 13.3. The Bertz CT molecular complexity index is 1370. The largest absolute Gasteiger partial charge is 0.382 e. The third-order valence-corrected chi connectivity index (χ3v) is 8.42. The van der Waals surface area contributed by atoms with Gasteiger partial charge in [0.1, 0.15) is 5.69 Å². The second-order valence-electron chi connectivity index (χ2n) is 8.87. The lowest BCUT2D eigenvalue weighted by molar-refractivity contribution is 0.0988. The van der Waals surface area contributed by atoms with Crippen molar-refractivity contribution < 1.29 is 17.9 Å². The van der Waals surface area contributed by atoms with E-state index in [1.165, 1.54) is 10.5 Å². The summed E-state index contributed by atoms with van der Waals surface area (Å²) in [6.45, 7) is 4.86. The number of aromatic nitrogens is 3. The Balaban J connectivity index is 1.36. The molecule has 1 aromatic carbocycles. The fourth-order valence-corrected chi connectivity index (χ4v) is 5.94. The number of carbonyl (C=O) groups excluding carboxylic acids is 1. The summed E-state index contributed by atoms with van der Waals surface area (Å²) in [5, 5.41) is 3.15. The first-order valence-electron chi connectivity index (χ1n) is 12.2. The van der Waals surface area contributed by atoms with Gasteiger partial charge in [-0.05, 0) is 18.2 Å². The second-order valence-corrected chi connectivity index (χ2v) is 10.8. The van der Waals surface area contributed by atoms with Crippen LogP contribution in [0.4, 0.5) is 11.5 Å². The third-order valence-electron chi connectivity index (χ3n) is 6.51. The first-order chi connectivity index (χ1) is 17.9. The number of pyridine rings is 1. The number of hydrogen-bond acceptors (Lipinski definition) is 10. The molecule has 5 rings (SSSR count). The number of nitrogens with two attached hydrogens (primary N) is 1. The Morgan fingerprint density at radius 1 is 1.03 bits per heavy atom. The third kappa shape index (κ3) is 5.47. The number of anilines is 2.